The summed E-state index contributed by atoms with van der Waals surface area (Å²) >= 11 is 1.65. The van der Waals surface area contributed by atoms with Gasteiger partial charge in [0.2, 0.25) is 10.0 Å². The number of hydrogen-bond acceptors (Lipinski definition) is 5. The van der Waals surface area contributed by atoms with Crippen LogP contribution in [0.5, 0.6) is 0 Å². The summed E-state index contributed by atoms with van der Waals surface area (Å²) in [7, 11) is -0.133. The summed E-state index contributed by atoms with van der Waals surface area (Å²) in [4.78, 5) is 8.64. The zero-order chi connectivity index (χ0) is 19.0. The van der Waals surface area contributed by atoms with Crippen molar-refractivity contribution in [3.05, 3.63) is 51.5 Å². The Labute approximate surface area is 182 Å². The molecule has 1 aromatic carbocycles. The molecule has 150 valence electrons. The fourth-order valence-corrected chi connectivity index (χ4v) is 3.77. The highest BCUT2D eigenvalue weighted by molar-refractivity contribution is 14.0. The first-order valence-corrected chi connectivity index (χ1v) is 10.8. The van der Waals surface area contributed by atoms with Crippen molar-refractivity contribution in [1.29, 1.82) is 0 Å². The highest BCUT2D eigenvalue weighted by atomic mass is 127. The van der Waals surface area contributed by atoms with Crippen LogP contribution in [0.3, 0.4) is 0 Å². The number of benzene rings is 1. The molecule has 0 spiro atoms. The van der Waals surface area contributed by atoms with Crippen LogP contribution in [0.4, 0.5) is 0 Å². The van der Waals surface area contributed by atoms with E-state index in [1.54, 1.807) is 24.5 Å². The standard InChI is InChI=1S/C17H25N5O2S2.HI/c1-13-22-16(11-25-13)7-8-20-17(18-2)21-10-14-5-4-6-15(9-14)12-26(23,24)19-3;/h4-6,9,11,19H,7-8,10,12H2,1-3H3,(H2,18,20,21);1H. The lowest BCUT2D eigenvalue weighted by atomic mass is 10.1. The van der Waals surface area contributed by atoms with E-state index in [1.165, 1.54) is 7.05 Å². The van der Waals surface area contributed by atoms with Gasteiger partial charge in [-0.05, 0) is 25.1 Å². The van der Waals surface area contributed by atoms with Gasteiger partial charge in [0.15, 0.2) is 5.96 Å². The monoisotopic (exact) mass is 523 g/mol. The second-order valence-electron chi connectivity index (χ2n) is 5.74. The van der Waals surface area contributed by atoms with Gasteiger partial charge in [-0.25, -0.2) is 18.1 Å². The summed E-state index contributed by atoms with van der Waals surface area (Å²) in [5.74, 6) is 0.669. The minimum absolute atomic E-state index is 0. The molecule has 0 bridgehead atoms. The van der Waals surface area contributed by atoms with Crippen molar-refractivity contribution >= 4 is 51.3 Å². The Balaban J connectivity index is 0.00000364. The molecule has 2 rings (SSSR count). The van der Waals surface area contributed by atoms with Gasteiger partial charge in [-0.3, -0.25) is 4.99 Å². The zero-order valence-corrected chi connectivity index (χ0v) is 19.6. The van der Waals surface area contributed by atoms with E-state index < -0.39 is 10.0 Å². The van der Waals surface area contributed by atoms with Crippen molar-refractivity contribution in [2.24, 2.45) is 4.99 Å². The lowest BCUT2D eigenvalue weighted by molar-refractivity contribution is 0.587. The number of aromatic nitrogens is 1. The van der Waals surface area contributed by atoms with E-state index in [1.807, 2.05) is 25.1 Å². The zero-order valence-electron chi connectivity index (χ0n) is 15.7. The van der Waals surface area contributed by atoms with Crippen molar-refractivity contribution in [3.63, 3.8) is 0 Å². The quantitative estimate of drug-likeness (QED) is 0.280. The minimum Gasteiger partial charge on any atom is -0.356 e. The Morgan fingerprint density at radius 3 is 2.63 bits per heavy atom. The number of guanidine groups is 1. The molecule has 27 heavy (non-hydrogen) atoms. The van der Waals surface area contributed by atoms with Crippen LogP contribution in [0.15, 0.2) is 34.6 Å². The summed E-state index contributed by atoms with van der Waals surface area (Å²) in [6.07, 6.45) is 0.836. The molecule has 0 atom stereocenters. The number of halogens is 1. The van der Waals surface area contributed by atoms with Gasteiger partial charge in [-0.2, -0.15) is 0 Å². The van der Waals surface area contributed by atoms with Crippen LogP contribution >= 0.6 is 35.3 Å². The van der Waals surface area contributed by atoms with Gasteiger partial charge in [0.05, 0.1) is 16.5 Å². The lowest BCUT2D eigenvalue weighted by Gasteiger charge is -2.12. The Morgan fingerprint density at radius 2 is 2.00 bits per heavy atom. The minimum atomic E-state index is -3.27. The van der Waals surface area contributed by atoms with E-state index in [2.05, 4.69) is 30.7 Å². The number of hydrogen-bond donors (Lipinski definition) is 3. The smallest absolute Gasteiger partial charge is 0.215 e. The van der Waals surface area contributed by atoms with Crippen LogP contribution in [0.2, 0.25) is 0 Å². The van der Waals surface area contributed by atoms with E-state index in [4.69, 9.17) is 0 Å². The van der Waals surface area contributed by atoms with Crippen LogP contribution in [0.25, 0.3) is 0 Å². The fraction of sp³-hybridized carbons (Fsp3) is 0.412. The number of nitrogens with zero attached hydrogens (tertiary/aromatic N) is 2. The number of sulfonamides is 1. The molecular weight excluding hydrogens is 497 g/mol. The molecule has 3 N–H and O–H groups in total. The van der Waals surface area contributed by atoms with Crippen LogP contribution in [0.1, 0.15) is 21.8 Å². The predicted octanol–water partition coefficient (Wildman–Crippen LogP) is 2.03. The van der Waals surface area contributed by atoms with Crippen molar-refractivity contribution in [3.8, 4) is 0 Å². The highest BCUT2D eigenvalue weighted by Gasteiger charge is 2.09. The SMILES string of the molecule is CN=C(NCCc1csc(C)n1)NCc1cccc(CS(=O)(=O)NC)c1.I. The highest BCUT2D eigenvalue weighted by Crippen LogP contribution is 2.09. The Bertz CT molecular complexity index is 853. The molecule has 0 saturated heterocycles. The van der Waals surface area contributed by atoms with E-state index in [-0.39, 0.29) is 29.7 Å². The summed E-state index contributed by atoms with van der Waals surface area (Å²) < 4.78 is 25.7. The molecule has 0 amide bonds. The Kier molecular flexibility index (Phi) is 10.2. The maximum Gasteiger partial charge on any atom is 0.215 e. The molecule has 0 aliphatic heterocycles. The van der Waals surface area contributed by atoms with Crippen LogP contribution in [-0.2, 0) is 28.7 Å². The van der Waals surface area contributed by atoms with Gasteiger partial charge in [-0.15, -0.1) is 35.3 Å². The molecule has 0 saturated carbocycles. The van der Waals surface area contributed by atoms with Crippen molar-refractivity contribution in [2.45, 2.75) is 25.6 Å². The van der Waals surface area contributed by atoms with Crippen LogP contribution < -0.4 is 15.4 Å². The van der Waals surface area contributed by atoms with Crippen LogP contribution in [-0.4, -0.2) is 40.0 Å². The molecule has 2 aromatic rings. The second kappa shape index (κ2) is 11.6. The first kappa shape index (κ1) is 23.8. The molecule has 0 unspecified atom stereocenters. The largest absolute Gasteiger partial charge is 0.356 e. The maximum absolute atomic E-state index is 11.7. The Hall–Kier alpha value is -1.24. The summed E-state index contributed by atoms with van der Waals surface area (Å²) in [5.41, 5.74) is 2.82. The molecule has 0 radical (unpaired) electrons. The van der Waals surface area contributed by atoms with Crippen molar-refractivity contribution in [2.75, 3.05) is 20.6 Å². The fourth-order valence-electron chi connectivity index (χ4n) is 2.36. The van der Waals surface area contributed by atoms with E-state index in [0.717, 1.165) is 34.8 Å². The molecule has 0 aliphatic carbocycles. The summed E-state index contributed by atoms with van der Waals surface area (Å²) in [5, 5.41) is 9.63. The third kappa shape index (κ3) is 8.54. The van der Waals surface area contributed by atoms with Gasteiger partial charge in [0.25, 0.3) is 0 Å². The van der Waals surface area contributed by atoms with E-state index in [9.17, 15) is 8.42 Å². The van der Waals surface area contributed by atoms with E-state index in [0.29, 0.717) is 12.5 Å². The molecule has 10 heteroatoms. The first-order valence-electron chi connectivity index (χ1n) is 8.26. The summed E-state index contributed by atoms with van der Waals surface area (Å²) in [6, 6.07) is 7.50. The van der Waals surface area contributed by atoms with Gasteiger partial charge < -0.3 is 10.6 Å². The normalized spacial score (nSPS) is 11.7. The molecule has 1 aromatic heterocycles. The van der Waals surface area contributed by atoms with Crippen molar-refractivity contribution < 1.29 is 8.42 Å². The first-order chi connectivity index (χ1) is 12.4. The van der Waals surface area contributed by atoms with Gasteiger partial charge in [0.1, 0.15) is 0 Å². The topological polar surface area (TPSA) is 95.5 Å². The number of aryl methyl sites for hydroxylation is 1. The molecule has 0 fully saturated rings. The molecule has 7 nitrogen and oxygen atoms in total. The predicted molar refractivity (Wildman–Crippen MR) is 122 cm³/mol. The number of rotatable bonds is 8. The number of aliphatic imine (C=N–C) groups is 1. The van der Waals surface area contributed by atoms with Gasteiger partial charge in [0, 0.05) is 31.9 Å². The second-order valence-corrected chi connectivity index (χ2v) is 8.73. The average molecular weight is 523 g/mol. The average Bonchev–Trinajstić information content (AvgIpc) is 3.03. The molecular formula is C17H26IN5O2S2. The third-order valence-electron chi connectivity index (χ3n) is 3.68. The molecule has 0 aliphatic rings. The number of nitrogens with one attached hydrogen (secondary N) is 3. The van der Waals surface area contributed by atoms with E-state index >= 15 is 0 Å². The molecule has 1 heterocycles. The maximum atomic E-state index is 11.7. The number of thiazole rings is 1. The lowest BCUT2D eigenvalue weighted by Crippen LogP contribution is -2.37. The Morgan fingerprint density at radius 1 is 1.26 bits per heavy atom. The van der Waals surface area contributed by atoms with Crippen molar-refractivity contribution in [1.82, 2.24) is 20.3 Å². The summed E-state index contributed by atoms with van der Waals surface area (Å²) in [6.45, 7) is 3.30. The van der Waals surface area contributed by atoms with Gasteiger partial charge in [-0.1, -0.05) is 24.3 Å². The van der Waals surface area contributed by atoms with Gasteiger partial charge >= 0.3 is 0 Å². The van der Waals surface area contributed by atoms with Crippen LogP contribution in [0, 0.1) is 6.92 Å². The third-order valence-corrected chi connectivity index (χ3v) is 5.84.